The van der Waals surface area contributed by atoms with Crippen LogP contribution >= 0.6 is 83.8 Å². The molecule has 0 saturated heterocycles. The van der Waals surface area contributed by atoms with Crippen LogP contribution in [0.5, 0.6) is 0 Å². The average Bonchev–Trinajstić information content (AvgIpc) is 2.47. The molecule has 0 aliphatic carbocycles. The molecule has 0 N–H and O–H groups in total. The van der Waals surface area contributed by atoms with Gasteiger partial charge in [0.1, 0.15) is 0 Å². The summed E-state index contributed by atoms with van der Waals surface area (Å²) in [5, 5.41) is 2.39. The summed E-state index contributed by atoms with van der Waals surface area (Å²) in [7, 11) is 4.34. The molecule has 0 saturated carbocycles. The van der Waals surface area contributed by atoms with E-state index in [2.05, 4.69) is 72.5 Å². The maximum atomic E-state index is 5.75. The Balaban J connectivity index is 0.000000342. The van der Waals surface area contributed by atoms with E-state index >= 15 is 0 Å². The van der Waals surface area contributed by atoms with E-state index in [1.165, 1.54) is 11.1 Å². The molecule has 22 heavy (non-hydrogen) atoms. The fourth-order valence-corrected chi connectivity index (χ4v) is 3.15. The Bertz CT molecular complexity index is 615. The molecule has 8 heteroatoms. The average molecular weight is 548 g/mol. The zero-order chi connectivity index (χ0) is 17.1. The number of hydrogen-bond donors (Lipinski definition) is 1. The quantitative estimate of drug-likeness (QED) is 0.215. The van der Waals surface area contributed by atoms with Gasteiger partial charge in [-0.05, 0) is 54.4 Å². The Morgan fingerprint density at radius 1 is 1.05 bits per heavy atom. The van der Waals surface area contributed by atoms with Gasteiger partial charge in [0, 0.05) is 24.3 Å². The fraction of sp³-hybridized carbons (Fsp3) is 0.143. The van der Waals surface area contributed by atoms with Crippen molar-refractivity contribution in [2.75, 3.05) is 0 Å². The summed E-state index contributed by atoms with van der Waals surface area (Å²) in [5.41, 5.74) is 2.34. The van der Waals surface area contributed by atoms with Crippen LogP contribution < -0.4 is 0 Å². The van der Waals surface area contributed by atoms with Crippen LogP contribution in [0.1, 0.15) is 11.1 Å². The third-order valence-corrected chi connectivity index (χ3v) is 5.01. The van der Waals surface area contributed by atoms with Crippen LogP contribution in [0, 0.1) is 6.92 Å². The van der Waals surface area contributed by atoms with Crippen molar-refractivity contribution < 1.29 is 0 Å². The van der Waals surface area contributed by atoms with Crippen LogP contribution in [-0.2, 0) is 5.33 Å². The molecule has 0 aliphatic heterocycles. The number of halogens is 5. The van der Waals surface area contributed by atoms with Crippen LogP contribution in [-0.4, -0.2) is 7.64 Å². The van der Waals surface area contributed by atoms with E-state index in [0.717, 1.165) is 24.3 Å². The number of nitrogens with zero attached hydrogens (tertiary/aromatic N) is 1. The Labute approximate surface area is 173 Å². The summed E-state index contributed by atoms with van der Waals surface area (Å²) in [6, 6.07) is 11.5. The van der Waals surface area contributed by atoms with Gasteiger partial charge in [-0.15, -0.1) is 0 Å². The second-order valence-electron chi connectivity index (χ2n) is 3.88. The molecular weight excluding hydrogens is 536 g/mol. The zero-order valence-corrected chi connectivity index (χ0v) is 18.7. The maximum absolute atomic E-state index is 5.75. The van der Waals surface area contributed by atoms with Crippen molar-refractivity contribution in [1.29, 1.82) is 0 Å². The third kappa shape index (κ3) is 9.73. The molecule has 0 amide bonds. The van der Waals surface area contributed by atoms with E-state index in [1.807, 2.05) is 43.3 Å². The predicted octanol–water partition coefficient (Wildman–Crippen LogP) is 7.59. The molecule has 2 rings (SSSR count). The van der Waals surface area contributed by atoms with Crippen molar-refractivity contribution in [3.63, 3.8) is 0 Å². The Kier molecular flexibility index (Phi) is 13.4. The molecular formula is C14H12BBr3Cl2NS. The molecule has 0 unspecified atom stereocenters. The summed E-state index contributed by atoms with van der Waals surface area (Å²) < 4.78 is 4.89. The molecule has 0 fully saturated rings. The van der Waals surface area contributed by atoms with Crippen LogP contribution in [0.4, 0.5) is 0 Å². The van der Waals surface area contributed by atoms with E-state index in [-0.39, 0.29) is 0 Å². The van der Waals surface area contributed by atoms with E-state index < -0.39 is 0 Å². The van der Waals surface area contributed by atoms with Crippen LogP contribution in [0.15, 0.2) is 49.6 Å². The monoisotopic (exact) mass is 544 g/mol. The summed E-state index contributed by atoms with van der Waals surface area (Å²) in [4.78, 5) is 0. The Hall–Kier alpha value is 0.675. The molecule has 0 aliphatic rings. The van der Waals surface area contributed by atoms with Gasteiger partial charge in [-0.25, -0.2) is 0 Å². The van der Waals surface area contributed by atoms with Gasteiger partial charge in [0.05, 0.1) is 0 Å². The molecule has 0 bridgehead atoms. The molecule has 2 aromatic carbocycles. The zero-order valence-electron chi connectivity index (χ0n) is 11.5. The SMILES string of the molecule is Cc1cc(Cl)ccc1Br.Clc1ccc(Br)c(CBr)c1.[B]=NS. The van der Waals surface area contributed by atoms with Crippen molar-refractivity contribution >= 4 is 91.4 Å². The molecule has 0 atom stereocenters. The molecule has 0 aromatic heterocycles. The van der Waals surface area contributed by atoms with E-state index in [1.54, 1.807) is 0 Å². The predicted molar refractivity (Wildman–Crippen MR) is 113 cm³/mol. The number of rotatable bonds is 1. The van der Waals surface area contributed by atoms with Crippen LogP contribution in [0.3, 0.4) is 0 Å². The van der Waals surface area contributed by atoms with Gasteiger partial charge < -0.3 is 0 Å². The van der Waals surface area contributed by atoms with Crippen molar-refractivity contribution in [1.82, 2.24) is 0 Å². The molecule has 2 aromatic rings. The Morgan fingerprint density at radius 2 is 1.50 bits per heavy atom. The molecule has 1 nitrogen and oxygen atoms in total. The summed E-state index contributed by atoms with van der Waals surface area (Å²) in [6.07, 6.45) is 0. The normalized spacial score (nSPS) is 9.00. The van der Waals surface area contributed by atoms with E-state index in [0.29, 0.717) is 0 Å². The first-order valence-electron chi connectivity index (χ1n) is 5.81. The Morgan fingerprint density at radius 3 is 1.86 bits per heavy atom. The number of alkyl halides is 1. The summed E-state index contributed by atoms with van der Waals surface area (Å²) >= 11 is 24.8. The second kappa shape index (κ2) is 13.0. The first-order chi connectivity index (χ1) is 10.3. The van der Waals surface area contributed by atoms with Gasteiger partial charge in [0.25, 0.3) is 0 Å². The van der Waals surface area contributed by atoms with Crippen molar-refractivity contribution in [2.24, 2.45) is 4.30 Å². The van der Waals surface area contributed by atoms with Crippen LogP contribution in [0.2, 0.25) is 10.0 Å². The van der Waals surface area contributed by atoms with Gasteiger partial charge in [-0.1, -0.05) is 71.0 Å². The van der Waals surface area contributed by atoms with Crippen molar-refractivity contribution in [3.05, 3.63) is 66.5 Å². The number of thiol groups is 1. The molecule has 117 valence electrons. The van der Waals surface area contributed by atoms with Crippen molar-refractivity contribution in [3.8, 4) is 0 Å². The first kappa shape index (κ1) is 22.7. The summed E-state index contributed by atoms with van der Waals surface area (Å²) in [6.45, 7) is 2.01. The van der Waals surface area contributed by atoms with Gasteiger partial charge in [0.15, 0.2) is 0 Å². The topological polar surface area (TPSA) is 12.4 Å². The number of benzene rings is 2. The fourth-order valence-electron chi connectivity index (χ4n) is 1.25. The first-order valence-corrected chi connectivity index (χ1v) is 9.67. The summed E-state index contributed by atoms with van der Waals surface area (Å²) in [5.74, 6) is 0. The molecule has 0 spiro atoms. The standard InChI is InChI=1S/C7H5Br2Cl.C7H6BrCl.BHNS/c8-4-5-3-6(10)1-2-7(5)9;1-5-4-6(9)2-3-7(5)8;1-2-3/h1-3H,4H2;2-4H,1H3;3H. The van der Waals surface area contributed by atoms with Gasteiger partial charge in [-0.3, -0.25) is 0 Å². The van der Waals surface area contributed by atoms with E-state index in [4.69, 9.17) is 23.2 Å². The van der Waals surface area contributed by atoms with Gasteiger partial charge >= 0.3 is 24.8 Å². The molecule has 0 heterocycles. The van der Waals surface area contributed by atoms with E-state index in [9.17, 15) is 0 Å². The van der Waals surface area contributed by atoms with Gasteiger partial charge in [-0.2, -0.15) is 0 Å². The minimum absolute atomic E-state index is 0.776. The second-order valence-corrected chi connectivity index (χ2v) is 7.25. The number of hydrogen-bond acceptors (Lipinski definition) is 2. The minimum atomic E-state index is 0.776. The third-order valence-electron chi connectivity index (χ3n) is 2.27. The number of aryl methyl sites for hydroxylation is 1. The van der Waals surface area contributed by atoms with Crippen molar-refractivity contribution in [2.45, 2.75) is 12.3 Å². The van der Waals surface area contributed by atoms with Crippen LogP contribution in [0.25, 0.3) is 0 Å². The van der Waals surface area contributed by atoms with Gasteiger partial charge in [0.2, 0.25) is 0 Å². The molecule has 1 radical (unpaired) electrons.